The highest BCUT2D eigenvalue weighted by atomic mass is 16.5. The van der Waals surface area contributed by atoms with Crippen molar-refractivity contribution in [3.63, 3.8) is 0 Å². The van der Waals surface area contributed by atoms with Crippen LogP contribution in [0.3, 0.4) is 0 Å². The van der Waals surface area contributed by atoms with Gasteiger partial charge in [0.05, 0.1) is 24.5 Å². The summed E-state index contributed by atoms with van der Waals surface area (Å²) in [6, 6.07) is 0. The Kier molecular flexibility index (Phi) is 4.70. The Hall–Kier alpha value is -1.62. The van der Waals surface area contributed by atoms with Gasteiger partial charge in [-0.25, -0.2) is 0 Å². The van der Waals surface area contributed by atoms with Gasteiger partial charge in [0.2, 0.25) is 5.91 Å². The van der Waals surface area contributed by atoms with E-state index in [1.807, 2.05) is 10.9 Å². The predicted octanol–water partition coefficient (Wildman–Crippen LogP) is 2.75. The molecule has 1 aliphatic heterocycles. The highest BCUT2D eigenvalue weighted by Crippen LogP contribution is 2.20. The third-order valence-electron chi connectivity index (χ3n) is 4.21. The highest BCUT2D eigenvalue weighted by Gasteiger charge is 2.19. The van der Waals surface area contributed by atoms with Crippen molar-refractivity contribution in [3.05, 3.63) is 24.5 Å². The molecule has 1 aliphatic carbocycles. The Morgan fingerprint density at radius 1 is 1.38 bits per heavy atom. The standard InChI is InChI=1S/C16H23N3O2/c20-16(13-6-2-1-3-7-13)18-14-10-17-19(11-14)12-15-8-4-5-9-21-15/h1-2,10-11,13,15H,3-9,12H2,(H,18,20). The summed E-state index contributed by atoms with van der Waals surface area (Å²) in [5.41, 5.74) is 0.783. The van der Waals surface area contributed by atoms with Gasteiger partial charge in [0.25, 0.3) is 0 Å². The number of carbonyl (C=O) groups excluding carboxylic acids is 1. The molecule has 0 radical (unpaired) electrons. The molecule has 2 atom stereocenters. The van der Waals surface area contributed by atoms with E-state index in [2.05, 4.69) is 22.6 Å². The SMILES string of the molecule is O=C(Nc1cnn(CC2CCCCO2)c1)C1CC=CCC1. The van der Waals surface area contributed by atoms with Crippen LogP contribution in [-0.2, 0) is 16.1 Å². The van der Waals surface area contributed by atoms with Crippen molar-refractivity contribution < 1.29 is 9.53 Å². The molecule has 1 amide bonds. The number of rotatable bonds is 4. The van der Waals surface area contributed by atoms with E-state index in [1.54, 1.807) is 6.20 Å². The van der Waals surface area contributed by atoms with Crippen molar-refractivity contribution in [1.82, 2.24) is 9.78 Å². The second-order valence-electron chi connectivity index (χ2n) is 5.91. The molecule has 0 saturated carbocycles. The van der Waals surface area contributed by atoms with Crippen LogP contribution in [0.15, 0.2) is 24.5 Å². The summed E-state index contributed by atoms with van der Waals surface area (Å²) in [6.45, 7) is 1.62. The van der Waals surface area contributed by atoms with Gasteiger partial charge in [-0.15, -0.1) is 0 Å². The molecule has 1 fully saturated rings. The lowest BCUT2D eigenvalue weighted by Gasteiger charge is -2.22. The largest absolute Gasteiger partial charge is 0.376 e. The summed E-state index contributed by atoms with van der Waals surface area (Å²) in [5.74, 6) is 0.202. The normalized spacial score (nSPS) is 25.7. The summed E-state index contributed by atoms with van der Waals surface area (Å²) in [5, 5.41) is 7.29. The number of aromatic nitrogens is 2. The summed E-state index contributed by atoms with van der Waals surface area (Å²) in [4.78, 5) is 12.2. The number of amides is 1. The van der Waals surface area contributed by atoms with E-state index in [1.165, 1.54) is 6.42 Å². The van der Waals surface area contributed by atoms with E-state index in [0.29, 0.717) is 0 Å². The van der Waals surface area contributed by atoms with E-state index in [0.717, 1.165) is 50.9 Å². The van der Waals surface area contributed by atoms with E-state index >= 15 is 0 Å². The molecule has 5 heteroatoms. The molecule has 1 N–H and O–H groups in total. The molecule has 21 heavy (non-hydrogen) atoms. The van der Waals surface area contributed by atoms with Crippen LogP contribution in [0.5, 0.6) is 0 Å². The molecule has 2 aliphatic rings. The van der Waals surface area contributed by atoms with Crippen LogP contribution < -0.4 is 5.32 Å². The fourth-order valence-corrected chi connectivity index (χ4v) is 2.96. The maximum absolute atomic E-state index is 12.2. The first kappa shape index (κ1) is 14.3. The Morgan fingerprint density at radius 3 is 3.10 bits per heavy atom. The van der Waals surface area contributed by atoms with E-state index in [9.17, 15) is 4.79 Å². The molecule has 1 aromatic heterocycles. The quantitative estimate of drug-likeness (QED) is 0.867. The Morgan fingerprint density at radius 2 is 2.33 bits per heavy atom. The van der Waals surface area contributed by atoms with Crippen LogP contribution in [0, 0.1) is 5.92 Å². The maximum Gasteiger partial charge on any atom is 0.227 e. The second kappa shape index (κ2) is 6.89. The van der Waals surface area contributed by atoms with Gasteiger partial charge in [-0.1, -0.05) is 12.2 Å². The van der Waals surface area contributed by atoms with Gasteiger partial charge in [-0.3, -0.25) is 9.48 Å². The molecule has 0 spiro atoms. The van der Waals surface area contributed by atoms with Crippen molar-refractivity contribution in [2.24, 2.45) is 5.92 Å². The van der Waals surface area contributed by atoms with Gasteiger partial charge < -0.3 is 10.1 Å². The third-order valence-corrected chi connectivity index (χ3v) is 4.21. The molecule has 114 valence electrons. The smallest absolute Gasteiger partial charge is 0.227 e. The van der Waals surface area contributed by atoms with Crippen LogP contribution >= 0.6 is 0 Å². The number of ether oxygens (including phenoxy) is 1. The van der Waals surface area contributed by atoms with Gasteiger partial charge in [0, 0.05) is 18.7 Å². The first-order chi connectivity index (χ1) is 10.3. The summed E-state index contributed by atoms with van der Waals surface area (Å²) < 4.78 is 7.58. The molecule has 1 aromatic rings. The van der Waals surface area contributed by atoms with Crippen LogP contribution in [-0.4, -0.2) is 28.4 Å². The minimum atomic E-state index is 0.0972. The summed E-state index contributed by atoms with van der Waals surface area (Å²) >= 11 is 0. The second-order valence-corrected chi connectivity index (χ2v) is 5.91. The number of carbonyl (C=O) groups is 1. The predicted molar refractivity (Wildman–Crippen MR) is 80.9 cm³/mol. The molecular weight excluding hydrogens is 266 g/mol. The zero-order chi connectivity index (χ0) is 14.5. The van der Waals surface area contributed by atoms with E-state index in [-0.39, 0.29) is 17.9 Å². The lowest BCUT2D eigenvalue weighted by atomic mass is 9.94. The third kappa shape index (κ3) is 3.94. The van der Waals surface area contributed by atoms with Crippen LogP contribution in [0.25, 0.3) is 0 Å². The average molecular weight is 289 g/mol. The molecule has 0 aromatic carbocycles. The van der Waals surface area contributed by atoms with Crippen LogP contribution in [0.1, 0.15) is 38.5 Å². The lowest BCUT2D eigenvalue weighted by molar-refractivity contribution is -0.120. The molecule has 1 saturated heterocycles. The lowest BCUT2D eigenvalue weighted by Crippen LogP contribution is -2.25. The number of hydrogen-bond donors (Lipinski definition) is 1. The van der Waals surface area contributed by atoms with Gasteiger partial charge in [0.1, 0.15) is 0 Å². The van der Waals surface area contributed by atoms with Gasteiger partial charge >= 0.3 is 0 Å². The van der Waals surface area contributed by atoms with Gasteiger partial charge in [0.15, 0.2) is 0 Å². The molecule has 3 rings (SSSR count). The molecule has 2 unspecified atom stereocenters. The van der Waals surface area contributed by atoms with Crippen molar-refractivity contribution in [2.75, 3.05) is 11.9 Å². The van der Waals surface area contributed by atoms with Crippen molar-refractivity contribution >= 4 is 11.6 Å². The fraction of sp³-hybridized carbons (Fsp3) is 0.625. The Labute approximate surface area is 125 Å². The summed E-state index contributed by atoms with van der Waals surface area (Å²) in [6.07, 6.45) is 14.4. The Bertz CT molecular complexity index is 503. The zero-order valence-corrected chi connectivity index (χ0v) is 12.3. The summed E-state index contributed by atoms with van der Waals surface area (Å²) in [7, 11) is 0. The first-order valence-corrected chi connectivity index (χ1v) is 7.91. The van der Waals surface area contributed by atoms with E-state index in [4.69, 9.17) is 4.74 Å². The highest BCUT2D eigenvalue weighted by molar-refractivity contribution is 5.92. The number of anilines is 1. The van der Waals surface area contributed by atoms with Crippen molar-refractivity contribution in [3.8, 4) is 0 Å². The maximum atomic E-state index is 12.2. The average Bonchev–Trinajstić information content (AvgIpc) is 2.96. The number of hydrogen-bond acceptors (Lipinski definition) is 3. The number of nitrogens with zero attached hydrogens (tertiary/aromatic N) is 2. The molecule has 5 nitrogen and oxygen atoms in total. The van der Waals surface area contributed by atoms with E-state index < -0.39 is 0 Å². The zero-order valence-electron chi connectivity index (χ0n) is 12.3. The molecule has 0 bridgehead atoms. The van der Waals surface area contributed by atoms with Crippen molar-refractivity contribution in [2.45, 2.75) is 51.2 Å². The fourth-order valence-electron chi connectivity index (χ4n) is 2.96. The monoisotopic (exact) mass is 289 g/mol. The van der Waals surface area contributed by atoms with Crippen LogP contribution in [0.4, 0.5) is 5.69 Å². The van der Waals surface area contributed by atoms with Gasteiger partial charge in [-0.2, -0.15) is 5.10 Å². The minimum Gasteiger partial charge on any atom is -0.376 e. The number of allylic oxidation sites excluding steroid dienone is 2. The topological polar surface area (TPSA) is 56.2 Å². The molecular formula is C16H23N3O2. The molecule has 2 heterocycles. The Balaban J connectivity index is 1.52. The van der Waals surface area contributed by atoms with Crippen LogP contribution in [0.2, 0.25) is 0 Å². The minimum absolute atomic E-state index is 0.0972. The van der Waals surface area contributed by atoms with Crippen molar-refractivity contribution in [1.29, 1.82) is 0 Å². The first-order valence-electron chi connectivity index (χ1n) is 7.91. The van der Waals surface area contributed by atoms with Gasteiger partial charge in [-0.05, 0) is 38.5 Å². The number of nitrogens with one attached hydrogen (secondary N) is 1.